The quantitative estimate of drug-likeness (QED) is 0.300. The highest BCUT2D eigenvalue weighted by atomic mass is 32.1. The molecule has 0 saturated heterocycles. The Hall–Kier alpha value is -3.72. The van der Waals surface area contributed by atoms with Gasteiger partial charge in [-0.1, -0.05) is 12.1 Å². The molecule has 0 spiro atoms. The minimum atomic E-state index is -0.505. The maximum atomic E-state index is 12.4. The number of fused-ring (bicyclic) bond motifs is 3. The van der Waals surface area contributed by atoms with Crippen LogP contribution in [0.4, 0.5) is 9.59 Å². The molecular formula is C27H31N3O5S. The molecule has 2 aromatic carbocycles. The average molecular weight is 510 g/mol. The Morgan fingerprint density at radius 3 is 2.03 bits per heavy atom. The Balaban J connectivity index is 1.87. The fraction of sp³-hybridized carbons (Fsp3) is 0.333. The minimum absolute atomic E-state index is 0.0210. The lowest BCUT2D eigenvalue weighted by Gasteiger charge is -2.13. The molecule has 190 valence electrons. The SMILES string of the molecule is COc1ccc(-c2c(COC(=O)NC(C)C)c(COC(=O)NC(C)C)c3sc4ccccc4n23)cc1. The van der Waals surface area contributed by atoms with E-state index in [1.165, 1.54) is 0 Å². The van der Waals surface area contributed by atoms with Crippen LogP contribution in [0.5, 0.6) is 5.75 Å². The van der Waals surface area contributed by atoms with Crippen LogP contribution in [-0.2, 0) is 22.7 Å². The zero-order valence-electron chi connectivity index (χ0n) is 21.1. The number of para-hydroxylation sites is 1. The van der Waals surface area contributed by atoms with Gasteiger partial charge in [0, 0.05) is 23.2 Å². The van der Waals surface area contributed by atoms with Crippen molar-refractivity contribution in [2.45, 2.75) is 53.0 Å². The molecule has 8 nitrogen and oxygen atoms in total. The summed E-state index contributed by atoms with van der Waals surface area (Å²) in [6.07, 6.45) is -1.00. The first-order valence-corrected chi connectivity index (χ1v) is 12.6. The molecule has 2 aromatic heterocycles. The van der Waals surface area contributed by atoms with Gasteiger partial charge in [0.15, 0.2) is 0 Å². The molecule has 2 heterocycles. The lowest BCUT2D eigenvalue weighted by molar-refractivity contribution is 0.130. The first-order chi connectivity index (χ1) is 17.3. The Morgan fingerprint density at radius 1 is 0.861 bits per heavy atom. The molecular weight excluding hydrogens is 478 g/mol. The molecule has 0 fully saturated rings. The second-order valence-corrected chi connectivity index (χ2v) is 10.0. The third-order valence-corrected chi connectivity index (χ3v) is 6.71. The van der Waals surface area contributed by atoms with Crippen LogP contribution in [0.25, 0.3) is 26.3 Å². The molecule has 0 aliphatic rings. The zero-order valence-corrected chi connectivity index (χ0v) is 21.9. The number of rotatable bonds is 8. The van der Waals surface area contributed by atoms with Crippen LogP contribution < -0.4 is 15.4 Å². The molecule has 36 heavy (non-hydrogen) atoms. The smallest absolute Gasteiger partial charge is 0.407 e. The van der Waals surface area contributed by atoms with Gasteiger partial charge in [-0.3, -0.25) is 4.40 Å². The molecule has 0 radical (unpaired) electrons. The summed E-state index contributed by atoms with van der Waals surface area (Å²) in [6, 6.07) is 15.7. The van der Waals surface area contributed by atoms with Gasteiger partial charge in [0.2, 0.25) is 0 Å². The first kappa shape index (κ1) is 25.4. The van der Waals surface area contributed by atoms with Crippen molar-refractivity contribution in [2.75, 3.05) is 7.11 Å². The van der Waals surface area contributed by atoms with Gasteiger partial charge in [-0.25, -0.2) is 9.59 Å². The predicted octanol–water partition coefficient (Wildman–Crippen LogP) is 6.10. The average Bonchev–Trinajstić information content (AvgIpc) is 3.34. The standard InChI is InChI=1S/C27H31N3O5S/c1-16(2)28-26(31)34-14-20-21(15-35-27(32)29-17(3)4)25-30(22-8-6-7-9-23(22)36-25)24(20)18-10-12-19(33-5)13-11-18/h6-13,16-17H,14-15H2,1-5H3,(H,28,31)(H,29,32). The number of benzene rings is 2. The Kier molecular flexibility index (Phi) is 7.69. The maximum absolute atomic E-state index is 12.4. The van der Waals surface area contributed by atoms with Crippen LogP contribution in [0.2, 0.25) is 0 Å². The Bertz CT molecular complexity index is 1370. The van der Waals surface area contributed by atoms with Crippen molar-refractivity contribution in [3.8, 4) is 17.0 Å². The minimum Gasteiger partial charge on any atom is -0.497 e. The summed E-state index contributed by atoms with van der Waals surface area (Å²) < 4.78 is 19.8. The van der Waals surface area contributed by atoms with Gasteiger partial charge in [0.05, 0.1) is 23.0 Å². The van der Waals surface area contributed by atoms with Crippen molar-refractivity contribution in [1.29, 1.82) is 0 Å². The first-order valence-electron chi connectivity index (χ1n) is 11.8. The summed E-state index contributed by atoms with van der Waals surface area (Å²) >= 11 is 1.61. The van der Waals surface area contributed by atoms with E-state index in [4.69, 9.17) is 14.2 Å². The molecule has 2 N–H and O–H groups in total. The van der Waals surface area contributed by atoms with E-state index < -0.39 is 12.2 Å². The molecule has 4 rings (SSSR count). The lowest BCUT2D eigenvalue weighted by Crippen LogP contribution is -2.31. The van der Waals surface area contributed by atoms with Crippen molar-refractivity contribution in [2.24, 2.45) is 0 Å². The van der Waals surface area contributed by atoms with Gasteiger partial charge < -0.3 is 24.8 Å². The highest BCUT2D eigenvalue weighted by Gasteiger charge is 2.25. The summed E-state index contributed by atoms with van der Waals surface area (Å²) in [5.74, 6) is 0.741. The van der Waals surface area contributed by atoms with E-state index in [0.29, 0.717) is 0 Å². The monoisotopic (exact) mass is 509 g/mol. The number of alkyl carbamates (subject to hydrolysis) is 2. The predicted molar refractivity (Wildman–Crippen MR) is 142 cm³/mol. The molecule has 0 bridgehead atoms. The van der Waals surface area contributed by atoms with Gasteiger partial charge in [0.1, 0.15) is 23.8 Å². The van der Waals surface area contributed by atoms with Gasteiger partial charge in [-0.05, 0) is 69.7 Å². The number of hydrogen-bond acceptors (Lipinski definition) is 6. The highest BCUT2D eigenvalue weighted by molar-refractivity contribution is 7.24. The topological polar surface area (TPSA) is 90.3 Å². The Morgan fingerprint density at radius 2 is 1.44 bits per heavy atom. The second kappa shape index (κ2) is 10.9. The van der Waals surface area contributed by atoms with Crippen LogP contribution in [0.1, 0.15) is 38.8 Å². The van der Waals surface area contributed by atoms with E-state index in [2.05, 4.69) is 27.2 Å². The number of aromatic nitrogens is 1. The van der Waals surface area contributed by atoms with E-state index in [9.17, 15) is 9.59 Å². The molecule has 0 saturated carbocycles. The molecule has 0 aliphatic carbocycles. The summed E-state index contributed by atoms with van der Waals surface area (Å²) in [6.45, 7) is 7.55. The van der Waals surface area contributed by atoms with Crippen molar-refractivity contribution in [1.82, 2.24) is 15.0 Å². The van der Waals surface area contributed by atoms with Crippen LogP contribution in [0, 0.1) is 0 Å². The van der Waals surface area contributed by atoms with E-state index in [-0.39, 0.29) is 25.3 Å². The van der Waals surface area contributed by atoms with E-state index in [1.807, 2.05) is 64.1 Å². The number of nitrogens with zero attached hydrogens (tertiary/aromatic N) is 1. The zero-order chi connectivity index (χ0) is 25.8. The summed E-state index contributed by atoms with van der Waals surface area (Å²) in [5.41, 5.74) is 4.42. The summed E-state index contributed by atoms with van der Waals surface area (Å²) in [7, 11) is 1.63. The van der Waals surface area contributed by atoms with Crippen molar-refractivity contribution in [3.05, 3.63) is 59.7 Å². The molecule has 9 heteroatoms. The van der Waals surface area contributed by atoms with Crippen molar-refractivity contribution < 1.29 is 23.8 Å². The van der Waals surface area contributed by atoms with Crippen LogP contribution >= 0.6 is 11.3 Å². The van der Waals surface area contributed by atoms with Crippen LogP contribution in [-0.4, -0.2) is 35.8 Å². The largest absolute Gasteiger partial charge is 0.497 e. The van der Waals surface area contributed by atoms with Gasteiger partial charge in [-0.2, -0.15) is 0 Å². The molecule has 0 atom stereocenters. The number of nitrogens with one attached hydrogen (secondary N) is 2. The number of methoxy groups -OCH3 is 1. The number of carbonyl (C=O) groups is 2. The van der Waals surface area contributed by atoms with Crippen LogP contribution in [0.3, 0.4) is 0 Å². The number of hydrogen-bond donors (Lipinski definition) is 2. The third kappa shape index (κ3) is 5.41. The molecule has 0 unspecified atom stereocenters. The third-order valence-electron chi connectivity index (χ3n) is 5.52. The lowest BCUT2D eigenvalue weighted by atomic mass is 10.1. The van der Waals surface area contributed by atoms with Crippen LogP contribution in [0.15, 0.2) is 48.5 Å². The summed E-state index contributed by atoms with van der Waals surface area (Å²) in [5, 5.41) is 5.51. The molecule has 0 aliphatic heterocycles. The highest BCUT2D eigenvalue weighted by Crippen LogP contribution is 2.40. The van der Waals surface area contributed by atoms with Crippen molar-refractivity contribution in [3.63, 3.8) is 0 Å². The molecule has 2 amide bonds. The van der Waals surface area contributed by atoms with Gasteiger partial charge in [0.25, 0.3) is 0 Å². The number of thiazole rings is 1. The summed E-state index contributed by atoms with van der Waals surface area (Å²) in [4.78, 5) is 25.6. The van der Waals surface area contributed by atoms with Gasteiger partial charge >= 0.3 is 12.2 Å². The number of carbonyl (C=O) groups excluding carboxylic acids is 2. The second-order valence-electron chi connectivity index (χ2n) is 8.99. The van der Waals surface area contributed by atoms with Gasteiger partial charge in [-0.15, -0.1) is 11.3 Å². The van der Waals surface area contributed by atoms with Crippen molar-refractivity contribution >= 4 is 38.6 Å². The number of amides is 2. The fourth-order valence-electron chi connectivity index (χ4n) is 4.00. The van der Waals surface area contributed by atoms with E-state index >= 15 is 0 Å². The maximum Gasteiger partial charge on any atom is 0.407 e. The van der Waals surface area contributed by atoms with E-state index in [0.717, 1.165) is 43.2 Å². The number of ether oxygens (including phenoxy) is 3. The Labute approximate surface area is 214 Å². The normalized spacial score (nSPS) is 11.3. The van der Waals surface area contributed by atoms with E-state index in [1.54, 1.807) is 18.4 Å². The molecule has 4 aromatic rings. The fourth-order valence-corrected chi connectivity index (χ4v) is 5.20.